The van der Waals surface area contributed by atoms with Crippen LogP contribution in [-0.2, 0) is 27.7 Å². The summed E-state index contributed by atoms with van der Waals surface area (Å²) in [6.45, 7) is -0.165. The van der Waals surface area contributed by atoms with Gasteiger partial charge in [0.15, 0.2) is 0 Å². The van der Waals surface area contributed by atoms with Crippen LogP contribution >= 0.6 is 7.82 Å². The van der Waals surface area contributed by atoms with Gasteiger partial charge in [0.1, 0.15) is 6.04 Å². The highest BCUT2D eigenvalue weighted by Gasteiger charge is 2.27. The Kier molecular flexibility index (Phi) is 6.71. The van der Waals surface area contributed by atoms with E-state index in [-0.39, 0.29) is 6.61 Å². The zero-order chi connectivity index (χ0) is 11.9. The molecule has 0 saturated heterocycles. The van der Waals surface area contributed by atoms with Crippen molar-refractivity contribution in [2.45, 2.75) is 6.04 Å². The molecule has 0 aromatic rings. The van der Waals surface area contributed by atoms with E-state index in [4.69, 9.17) is 4.52 Å². The number of ether oxygens (including phenoxy) is 1. The van der Waals surface area contributed by atoms with Gasteiger partial charge in [0, 0.05) is 14.2 Å². The SMILES string of the molecule is CNC(COP(=O)(OC)OC)C(=O)OC. The molecule has 1 unspecified atom stereocenters. The molecule has 1 N–H and O–H groups in total. The number of esters is 1. The maximum atomic E-state index is 11.4. The third-order valence-electron chi connectivity index (χ3n) is 1.68. The van der Waals surface area contributed by atoms with Gasteiger partial charge >= 0.3 is 13.8 Å². The molecule has 0 aromatic carbocycles. The number of nitrogens with one attached hydrogen (secondary N) is 1. The van der Waals surface area contributed by atoms with Crippen molar-refractivity contribution in [2.75, 3.05) is 35.0 Å². The second kappa shape index (κ2) is 6.92. The number of carbonyl (C=O) groups excluding carboxylic acids is 1. The van der Waals surface area contributed by atoms with Crippen molar-refractivity contribution in [1.29, 1.82) is 0 Å². The van der Waals surface area contributed by atoms with Crippen LogP contribution in [0.3, 0.4) is 0 Å². The van der Waals surface area contributed by atoms with E-state index in [1.807, 2.05) is 0 Å². The Morgan fingerprint density at radius 2 is 1.87 bits per heavy atom. The van der Waals surface area contributed by atoms with E-state index in [9.17, 15) is 9.36 Å². The van der Waals surface area contributed by atoms with Crippen LogP contribution in [0.2, 0.25) is 0 Å². The number of likely N-dealkylation sites (N-methyl/N-ethyl adjacent to an activating group) is 1. The Labute approximate surface area is 88.6 Å². The van der Waals surface area contributed by atoms with Gasteiger partial charge in [-0.2, -0.15) is 0 Å². The third kappa shape index (κ3) is 4.72. The highest BCUT2D eigenvalue weighted by molar-refractivity contribution is 7.48. The maximum Gasteiger partial charge on any atom is 0.474 e. The smallest absolute Gasteiger partial charge is 0.468 e. The molecule has 90 valence electrons. The van der Waals surface area contributed by atoms with Crippen LogP contribution in [0.25, 0.3) is 0 Å². The van der Waals surface area contributed by atoms with E-state index < -0.39 is 19.8 Å². The van der Waals surface area contributed by atoms with Crippen LogP contribution < -0.4 is 5.32 Å². The molecule has 7 nitrogen and oxygen atoms in total. The Morgan fingerprint density at radius 3 is 2.20 bits per heavy atom. The van der Waals surface area contributed by atoms with Crippen molar-refractivity contribution in [1.82, 2.24) is 5.32 Å². The molecule has 0 aliphatic heterocycles. The van der Waals surface area contributed by atoms with Crippen molar-refractivity contribution < 1.29 is 27.7 Å². The number of methoxy groups -OCH3 is 1. The maximum absolute atomic E-state index is 11.4. The summed E-state index contributed by atoms with van der Waals surface area (Å²) in [5.74, 6) is -0.517. The molecule has 0 spiro atoms. The van der Waals surface area contributed by atoms with Gasteiger partial charge in [-0.25, -0.2) is 4.57 Å². The van der Waals surface area contributed by atoms with Gasteiger partial charge in [-0.05, 0) is 7.05 Å². The second-order valence-electron chi connectivity index (χ2n) is 2.47. The zero-order valence-corrected chi connectivity index (χ0v) is 10.1. The summed E-state index contributed by atoms with van der Waals surface area (Å²) in [6, 6.07) is -0.714. The van der Waals surface area contributed by atoms with Crippen LogP contribution in [0.1, 0.15) is 0 Å². The van der Waals surface area contributed by atoms with E-state index in [2.05, 4.69) is 19.1 Å². The first-order valence-electron chi connectivity index (χ1n) is 4.14. The molecular weight excluding hydrogens is 225 g/mol. The lowest BCUT2D eigenvalue weighted by atomic mass is 10.3. The van der Waals surface area contributed by atoms with Crippen molar-refractivity contribution >= 4 is 13.8 Å². The minimum atomic E-state index is -3.55. The van der Waals surface area contributed by atoms with E-state index in [1.54, 1.807) is 7.05 Å². The van der Waals surface area contributed by atoms with Crippen LogP contribution in [-0.4, -0.2) is 47.0 Å². The molecule has 0 heterocycles. The Bertz CT molecular complexity index is 238. The standard InChI is InChI=1S/C7H16NO6P/c1-8-6(7(9)11-2)5-14-15(10,12-3)13-4/h6,8H,5H2,1-4H3. The first-order valence-corrected chi connectivity index (χ1v) is 5.60. The van der Waals surface area contributed by atoms with E-state index in [0.29, 0.717) is 0 Å². The Morgan fingerprint density at radius 1 is 1.33 bits per heavy atom. The van der Waals surface area contributed by atoms with Crippen molar-refractivity contribution in [3.8, 4) is 0 Å². The lowest BCUT2D eigenvalue weighted by Crippen LogP contribution is -2.38. The quantitative estimate of drug-likeness (QED) is 0.502. The van der Waals surface area contributed by atoms with Gasteiger partial charge in [0.05, 0.1) is 13.7 Å². The fourth-order valence-corrected chi connectivity index (χ4v) is 1.45. The Balaban J connectivity index is 4.22. The van der Waals surface area contributed by atoms with Gasteiger partial charge in [-0.3, -0.25) is 18.4 Å². The van der Waals surface area contributed by atoms with E-state index in [1.165, 1.54) is 21.3 Å². The largest absolute Gasteiger partial charge is 0.474 e. The average Bonchev–Trinajstić information content (AvgIpc) is 2.29. The molecule has 0 radical (unpaired) electrons. The average molecular weight is 241 g/mol. The molecule has 1 atom stereocenters. The summed E-state index contributed by atoms with van der Waals surface area (Å²) in [4.78, 5) is 11.1. The fourth-order valence-electron chi connectivity index (χ4n) is 0.757. The van der Waals surface area contributed by atoms with Gasteiger partial charge in [-0.15, -0.1) is 0 Å². The number of phosphoric ester groups is 1. The lowest BCUT2D eigenvalue weighted by Gasteiger charge is -2.17. The van der Waals surface area contributed by atoms with Crippen molar-refractivity contribution in [3.63, 3.8) is 0 Å². The van der Waals surface area contributed by atoms with Crippen LogP contribution in [0.4, 0.5) is 0 Å². The normalized spacial score (nSPS) is 13.6. The number of rotatable bonds is 7. The number of phosphoric acid groups is 1. The van der Waals surface area contributed by atoms with Gasteiger partial charge in [-0.1, -0.05) is 0 Å². The van der Waals surface area contributed by atoms with Crippen molar-refractivity contribution in [2.24, 2.45) is 0 Å². The second-order valence-corrected chi connectivity index (χ2v) is 4.36. The van der Waals surface area contributed by atoms with Gasteiger partial charge in [0.25, 0.3) is 0 Å². The molecule has 0 fully saturated rings. The molecule has 15 heavy (non-hydrogen) atoms. The molecule has 0 bridgehead atoms. The molecule has 0 rings (SSSR count). The molecule has 8 heteroatoms. The first kappa shape index (κ1) is 14.5. The summed E-state index contributed by atoms with van der Waals surface area (Å²) >= 11 is 0. The molecule has 0 aromatic heterocycles. The Hall–Kier alpha value is -0.460. The molecule has 0 saturated carbocycles. The zero-order valence-electron chi connectivity index (χ0n) is 9.18. The van der Waals surface area contributed by atoms with E-state index >= 15 is 0 Å². The predicted molar refractivity (Wildman–Crippen MR) is 52.4 cm³/mol. The minimum Gasteiger partial charge on any atom is -0.468 e. The van der Waals surface area contributed by atoms with Crippen molar-refractivity contribution in [3.05, 3.63) is 0 Å². The summed E-state index contributed by atoms with van der Waals surface area (Å²) < 4.78 is 29.8. The van der Waals surface area contributed by atoms with Gasteiger partial charge in [0.2, 0.25) is 0 Å². The topological polar surface area (TPSA) is 83.1 Å². The molecule has 0 amide bonds. The summed E-state index contributed by atoms with van der Waals surface area (Å²) in [6.07, 6.45) is 0. The highest BCUT2D eigenvalue weighted by Crippen LogP contribution is 2.47. The van der Waals surface area contributed by atoms with Crippen LogP contribution in [0.15, 0.2) is 0 Å². The first-order chi connectivity index (χ1) is 7.02. The molecular formula is C7H16NO6P. The predicted octanol–water partition coefficient (Wildman–Crippen LogP) is 0.165. The summed E-state index contributed by atoms with van der Waals surface area (Å²) in [5.41, 5.74) is 0. The monoisotopic (exact) mass is 241 g/mol. The van der Waals surface area contributed by atoms with Crippen LogP contribution in [0.5, 0.6) is 0 Å². The summed E-state index contributed by atoms with van der Waals surface area (Å²) in [7, 11) is 1.64. The summed E-state index contributed by atoms with van der Waals surface area (Å²) in [5, 5.41) is 2.64. The van der Waals surface area contributed by atoms with E-state index in [0.717, 1.165) is 0 Å². The number of carbonyl (C=O) groups is 1. The minimum absolute atomic E-state index is 0.165. The number of hydrogen-bond donors (Lipinski definition) is 1. The third-order valence-corrected chi connectivity index (χ3v) is 3.04. The fraction of sp³-hybridized carbons (Fsp3) is 0.857. The molecule has 0 aliphatic rings. The molecule has 0 aliphatic carbocycles. The van der Waals surface area contributed by atoms with Gasteiger partial charge < -0.3 is 10.1 Å². The van der Waals surface area contributed by atoms with Crippen LogP contribution in [0, 0.1) is 0 Å². The number of hydrogen-bond acceptors (Lipinski definition) is 7. The highest BCUT2D eigenvalue weighted by atomic mass is 31.2. The lowest BCUT2D eigenvalue weighted by molar-refractivity contribution is -0.143.